The molecule has 0 spiro atoms. The van der Waals surface area contributed by atoms with Crippen molar-refractivity contribution in [3.8, 4) is 11.5 Å². The van der Waals surface area contributed by atoms with Crippen molar-refractivity contribution in [3.63, 3.8) is 0 Å². The van der Waals surface area contributed by atoms with E-state index in [1.54, 1.807) is 13.8 Å². The summed E-state index contributed by atoms with van der Waals surface area (Å²) in [6.07, 6.45) is 0. The van der Waals surface area contributed by atoms with Crippen molar-refractivity contribution in [2.45, 2.75) is 33.1 Å². The lowest BCUT2D eigenvalue weighted by Gasteiger charge is -2.26. The summed E-state index contributed by atoms with van der Waals surface area (Å²) in [5, 5.41) is 0. The number of carbonyl (C=O) groups is 2. The first-order chi connectivity index (χ1) is 18.6. The molecular formula is C31H40O8. The molecule has 0 aliphatic carbocycles. The summed E-state index contributed by atoms with van der Waals surface area (Å²) >= 11 is 0. The van der Waals surface area contributed by atoms with Crippen LogP contribution in [-0.4, -0.2) is 64.8 Å². The quantitative estimate of drug-likeness (QED) is 0.148. The molecule has 0 atom stereocenters. The van der Waals surface area contributed by atoms with Crippen LogP contribution in [0.2, 0.25) is 0 Å². The van der Waals surface area contributed by atoms with Crippen LogP contribution >= 0.6 is 0 Å². The van der Waals surface area contributed by atoms with Gasteiger partial charge in [-0.05, 0) is 49.2 Å². The molecule has 8 heteroatoms. The number of hydrogen-bond donors (Lipinski definition) is 0. The lowest BCUT2D eigenvalue weighted by molar-refractivity contribution is -0.141. The lowest BCUT2D eigenvalue weighted by atomic mass is 9.78. The van der Waals surface area contributed by atoms with Crippen LogP contribution in [0.5, 0.6) is 11.5 Å². The van der Waals surface area contributed by atoms with Crippen LogP contribution in [-0.2, 0) is 34.0 Å². The second-order valence-electron chi connectivity index (χ2n) is 9.43. The van der Waals surface area contributed by atoms with Crippen LogP contribution in [0.3, 0.4) is 0 Å². The summed E-state index contributed by atoms with van der Waals surface area (Å²) in [7, 11) is 0. The van der Waals surface area contributed by atoms with E-state index < -0.39 is 11.9 Å². The summed E-state index contributed by atoms with van der Waals surface area (Å²) in [5.41, 5.74) is 2.82. The zero-order valence-electron chi connectivity index (χ0n) is 23.5. The van der Waals surface area contributed by atoms with Crippen LogP contribution in [0.15, 0.2) is 72.8 Å². The Kier molecular flexibility index (Phi) is 13.3. The fourth-order valence-corrected chi connectivity index (χ4v) is 3.38. The molecule has 0 amide bonds. The zero-order chi connectivity index (χ0) is 28.7. The van der Waals surface area contributed by atoms with E-state index in [-0.39, 0.29) is 18.6 Å². The maximum absolute atomic E-state index is 11.3. The van der Waals surface area contributed by atoms with Gasteiger partial charge in [0.05, 0.1) is 26.4 Å². The van der Waals surface area contributed by atoms with E-state index in [9.17, 15) is 9.59 Å². The van der Waals surface area contributed by atoms with Crippen molar-refractivity contribution in [1.29, 1.82) is 0 Å². The summed E-state index contributed by atoms with van der Waals surface area (Å²) in [6, 6.07) is 16.0. The second kappa shape index (κ2) is 16.4. The van der Waals surface area contributed by atoms with Crippen molar-refractivity contribution in [2.24, 2.45) is 0 Å². The molecule has 2 aromatic rings. The van der Waals surface area contributed by atoms with Gasteiger partial charge in [0.25, 0.3) is 0 Å². The average molecular weight is 541 g/mol. The minimum atomic E-state index is -0.416. The standard InChI is InChI=1S/C31H40O8/c1-23(2)29(32)38-21-17-34-15-19-36-27-11-7-25(8-12-27)31(5,6)26-9-13-28(14-10-26)37-20-16-35-18-22-39-30(33)24(3)4/h7-14H,1,3,15-22H2,2,4-6H3. The number of benzene rings is 2. The van der Waals surface area contributed by atoms with Crippen LogP contribution in [0.1, 0.15) is 38.8 Å². The average Bonchev–Trinajstić information content (AvgIpc) is 2.92. The maximum atomic E-state index is 11.3. The van der Waals surface area contributed by atoms with E-state index in [4.69, 9.17) is 28.4 Å². The highest BCUT2D eigenvalue weighted by molar-refractivity contribution is 5.87. The molecule has 0 fully saturated rings. The van der Waals surface area contributed by atoms with Crippen molar-refractivity contribution < 1.29 is 38.0 Å². The van der Waals surface area contributed by atoms with E-state index in [0.29, 0.717) is 50.8 Å². The maximum Gasteiger partial charge on any atom is 0.333 e. The number of hydrogen-bond acceptors (Lipinski definition) is 8. The van der Waals surface area contributed by atoms with Crippen LogP contribution < -0.4 is 9.47 Å². The summed E-state index contributed by atoms with van der Waals surface area (Å²) in [4.78, 5) is 22.6. The van der Waals surface area contributed by atoms with Crippen LogP contribution in [0.25, 0.3) is 0 Å². The smallest absolute Gasteiger partial charge is 0.333 e. The first-order valence-electron chi connectivity index (χ1n) is 12.9. The van der Waals surface area contributed by atoms with E-state index >= 15 is 0 Å². The fourth-order valence-electron chi connectivity index (χ4n) is 3.38. The van der Waals surface area contributed by atoms with E-state index in [0.717, 1.165) is 22.6 Å². The predicted octanol–water partition coefficient (Wildman–Crippen LogP) is 5.04. The predicted molar refractivity (Wildman–Crippen MR) is 149 cm³/mol. The first-order valence-corrected chi connectivity index (χ1v) is 12.9. The Hall–Kier alpha value is -3.62. The van der Waals surface area contributed by atoms with Crippen molar-refractivity contribution in [2.75, 3.05) is 52.9 Å². The normalized spacial score (nSPS) is 11.0. The molecule has 39 heavy (non-hydrogen) atoms. The van der Waals surface area contributed by atoms with E-state index in [1.165, 1.54) is 0 Å². The molecular weight excluding hydrogens is 500 g/mol. The van der Waals surface area contributed by atoms with Gasteiger partial charge >= 0.3 is 11.9 Å². The number of carbonyl (C=O) groups excluding carboxylic acids is 2. The minimum Gasteiger partial charge on any atom is -0.491 e. The number of rotatable bonds is 18. The molecule has 0 heterocycles. The van der Waals surface area contributed by atoms with Gasteiger partial charge in [-0.2, -0.15) is 0 Å². The monoisotopic (exact) mass is 540 g/mol. The lowest BCUT2D eigenvalue weighted by Crippen LogP contribution is -2.19. The van der Waals surface area contributed by atoms with Crippen molar-refractivity contribution in [1.82, 2.24) is 0 Å². The molecule has 0 unspecified atom stereocenters. The Labute approximate surface area is 231 Å². The van der Waals surface area contributed by atoms with Gasteiger partial charge in [-0.3, -0.25) is 0 Å². The Morgan fingerprint density at radius 3 is 1.26 bits per heavy atom. The van der Waals surface area contributed by atoms with Crippen LogP contribution in [0, 0.1) is 0 Å². The van der Waals surface area contributed by atoms with Gasteiger partial charge in [0, 0.05) is 16.6 Å². The first kappa shape index (κ1) is 31.6. The van der Waals surface area contributed by atoms with E-state index in [1.807, 2.05) is 24.3 Å². The zero-order valence-corrected chi connectivity index (χ0v) is 23.5. The van der Waals surface area contributed by atoms with Gasteiger partial charge in [-0.15, -0.1) is 0 Å². The Bertz CT molecular complexity index is 985. The molecule has 0 saturated carbocycles. The number of ether oxygens (including phenoxy) is 6. The fraction of sp³-hybridized carbons (Fsp3) is 0.419. The van der Waals surface area contributed by atoms with Gasteiger partial charge in [-0.25, -0.2) is 9.59 Å². The molecule has 0 aliphatic heterocycles. The number of esters is 2. The molecule has 8 nitrogen and oxygen atoms in total. The summed E-state index contributed by atoms with van der Waals surface area (Å²) in [5.74, 6) is 0.682. The van der Waals surface area contributed by atoms with Crippen LogP contribution in [0.4, 0.5) is 0 Å². The highest BCUT2D eigenvalue weighted by Gasteiger charge is 2.23. The van der Waals surface area contributed by atoms with E-state index in [2.05, 4.69) is 51.3 Å². The van der Waals surface area contributed by atoms with Crippen molar-refractivity contribution >= 4 is 11.9 Å². The Balaban J connectivity index is 1.70. The molecule has 2 aromatic carbocycles. The SMILES string of the molecule is C=C(C)C(=O)OCCOCCOc1ccc(C(C)(C)c2ccc(OCCOCCOC(=O)C(=C)C)cc2)cc1. The Morgan fingerprint density at radius 1 is 0.590 bits per heavy atom. The van der Waals surface area contributed by atoms with Gasteiger partial charge in [0.2, 0.25) is 0 Å². The van der Waals surface area contributed by atoms with Gasteiger partial charge in [0.15, 0.2) is 0 Å². The molecule has 0 saturated heterocycles. The second-order valence-corrected chi connectivity index (χ2v) is 9.43. The third-order valence-corrected chi connectivity index (χ3v) is 5.76. The third kappa shape index (κ3) is 11.3. The Morgan fingerprint density at radius 2 is 0.923 bits per heavy atom. The molecule has 212 valence electrons. The largest absolute Gasteiger partial charge is 0.491 e. The van der Waals surface area contributed by atoms with Gasteiger partial charge in [0.1, 0.15) is 37.9 Å². The summed E-state index contributed by atoms with van der Waals surface area (Å²) in [6.45, 7) is 17.2. The van der Waals surface area contributed by atoms with Crippen molar-refractivity contribution in [3.05, 3.63) is 84.0 Å². The van der Waals surface area contributed by atoms with Gasteiger partial charge in [-0.1, -0.05) is 51.3 Å². The molecule has 0 N–H and O–H groups in total. The third-order valence-electron chi connectivity index (χ3n) is 5.76. The summed E-state index contributed by atoms with van der Waals surface area (Å²) < 4.78 is 32.3. The molecule has 0 aliphatic rings. The molecule has 0 radical (unpaired) electrons. The highest BCUT2D eigenvalue weighted by atomic mass is 16.6. The topological polar surface area (TPSA) is 89.5 Å². The molecule has 0 aromatic heterocycles. The molecule has 0 bridgehead atoms. The highest BCUT2D eigenvalue weighted by Crippen LogP contribution is 2.33. The minimum absolute atomic E-state index is 0.188. The molecule has 2 rings (SSSR count). The van der Waals surface area contributed by atoms with Gasteiger partial charge < -0.3 is 28.4 Å².